The molecule has 2 aromatic rings. The van der Waals surface area contributed by atoms with E-state index < -0.39 is 5.82 Å². The number of rotatable bonds is 5. The average molecular weight is 291 g/mol. The Labute approximate surface area is 120 Å². The third-order valence-corrected chi connectivity index (χ3v) is 3.64. The highest BCUT2D eigenvalue weighted by atomic mass is 32.2. The Hall–Kier alpha value is -1.85. The van der Waals surface area contributed by atoms with Gasteiger partial charge in [-0.2, -0.15) is 0 Å². The Morgan fingerprint density at radius 3 is 2.50 bits per heavy atom. The Kier molecular flexibility index (Phi) is 5.15. The largest absolute Gasteiger partial charge is 0.392 e. The van der Waals surface area contributed by atoms with E-state index in [1.54, 1.807) is 24.3 Å². The Morgan fingerprint density at radius 1 is 1.15 bits per heavy atom. The zero-order valence-electron chi connectivity index (χ0n) is 10.7. The molecule has 0 heterocycles. The van der Waals surface area contributed by atoms with Crippen LogP contribution < -0.4 is 5.32 Å². The maximum absolute atomic E-state index is 13.4. The van der Waals surface area contributed by atoms with E-state index in [-0.39, 0.29) is 24.0 Å². The van der Waals surface area contributed by atoms with Crippen LogP contribution >= 0.6 is 11.8 Å². The van der Waals surface area contributed by atoms with E-state index >= 15 is 0 Å². The summed E-state index contributed by atoms with van der Waals surface area (Å²) in [7, 11) is 0. The molecule has 2 N–H and O–H groups in total. The lowest BCUT2D eigenvalue weighted by molar-refractivity contribution is -0.113. The first-order valence-corrected chi connectivity index (χ1v) is 7.04. The molecule has 0 aliphatic carbocycles. The fourth-order valence-corrected chi connectivity index (χ4v) is 2.29. The van der Waals surface area contributed by atoms with Crippen LogP contribution in [0.2, 0.25) is 0 Å². The van der Waals surface area contributed by atoms with Gasteiger partial charge in [-0.25, -0.2) is 4.39 Å². The van der Waals surface area contributed by atoms with Gasteiger partial charge in [-0.15, -0.1) is 11.8 Å². The smallest absolute Gasteiger partial charge is 0.234 e. The Morgan fingerprint density at radius 2 is 1.85 bits per heavy atom. The molecule has 0 fully saturated rings. The number of hydrogen-bond acceptors (Lipinski definition) is 3. The van der Waals surface area contributed by atoms with Gasteiger partial charge in [-0.1, -0.05) is 24.3 Å². The molecule has 0 aromatic heterocycles. The first-order valence-electron chi connectivity index (χ1n) is 6.06. The highest BCUT2D eigenvalue weighted by molar-refractivity contribution is 8.00. The molecule has 0 aliphatic rings. The van der Waals surface area contributed by atoms with E-state index in [1.165, 1.54) is 23.9 Å². The van der Waals surface area contributed by atoms with Gasteiger partial charge in [0.05, 0.1) is 18.0 Å². The third-order valence-electron chi connectivity index (χ3n) is 2.62. The van der Waals surface area contributed by atoms with Crippen molar-refractivity contribution in [3.63, 3.8) is 0 Å². The van der Waals surface area contributed by atoms with Gasteiger partial charge >= 0.3 is 0 Å². The Bertz CT molecular complexity index is 587. The molecule has 20 heavy (non-hydrogen) atoms. The van der Waals surface area contributed by atoms with Gasteiger partial charge in [-0.3, -0.25) is 4.79 Å². The first-order chi connectivity index (χ1) is 9.69. The standard InChI is InChI=1S/C15H14FNO2S/c16-13-3-1-2-4-14(13)17-15(19)10-20-12-7-5-11(9-18)6-8-12/h1-8,18H,9-10H2,(H,17,19). The number of nitrogens with one attached hydrogen (secondary N) is 1. The van der Waals surface area contributed by atoms with Crippen LogP contribution in [-0.2, 0) is 11.4 Å². The van der Waals surface area contributed by atoms with E-state index in [0.717, 1.165) is 10.5 Å². The normalized spacial score (nSPS) is 10.3. The van der Waals surface area contributed by atoms with Crippen molar-refractivity contribution in [2.75, 3.05) is 11.1 Å². The van der Waals surface area contributed by atoms with E-state index in [9.17, 15) is 9.18 Å². The number of halogens is 1. The number of amides is 1. The van der Waals surface area contributed by atoms with Crippen LogP contribution in [0.25, 0.3) is 0 Å². The number of carbonyl (C=O) groups is 1. The summed E-state index contributed by atoms with van der Waals surface area (Å²) >= 11 is 1.36. The molecule has 0 saturated carbocycles. The van der Waals surface area contributed by atoms with Crippen LogP contribution in [0.5, 0.6) is 0 Å². The number of aliphatic hydroxyl groups excluding tert-OH is 1. The molecule has 2 rings (SSSR count). The van der Waals surface area contributed by atoms with Crippen LogP contribution in [-0.4, -0.2) is 16.8 Å². The van der Waals surface area contributed by atoms with Crippen molar-refractivity contribution in [3.05, 3.63) is 59.9 Å². The summed E-state index contributed by atoms with van der Waals surface area (Å²) in [4.78, 5) is 12.6. The lowest BCUT2D eigenvalue weighted by atomic mass is 10.2. The summed E-state index contributed by atoms with van der Waals surface area (Å²) in [6, 6.07) is 13.3. The molecule has 2 aromatic carbocycles. The fraction of sp³-hybridized carbons (Fsp3) is 0.133. The Balaban J connectivity index is 1.87. The summed E-state index contributed by atoms with van der Waals surface area (Å²) in [6.07, 6.45) is 0. The second-order valence-corrected chi connectivity index (χ2v) is 5.17. The molecule has 0 saturated heterocycles. The predicted molar refractivity (Wildman–Crippen MR) is 78.1 cm³/mol. The number of aliphatic hydroxyl groups is 1. The number of anilines is 1. The molecular weight excluding hydrogens is 277 g/mol. The van der Waals surface area contributed by atoms with Crippen molar-refractivity contribution in [3.8, 4) is 0 Å². The summed E-state index contributed by atoms with van der Waals surface area (Å²) < 4.78 is 13.4. The molecule has 0 atom stereocenters. The number of thioether (sulfide) groups is 1. The number of carbonyl (C=O) groups excluding carboxylic acids is 1. The van der Waals surface area contributed by atoms with Gasteiger partial charge < -0.3 is 10.4 Å². The van der Waals surface area contributed by atoms with E-state index in [4.69, 9.17) is 5.11 Å². The van der Waals surface area contributed by atoms with Crippen molar-refractivity contribution in [2.45, 2.75) is 11.5 Å². The first kappa shape index (κ1) is 14.6. The SMILES string of the molecule is O=C(CSc1ccc(CO)cc1)Nc1ccccc1F. The molecule has 5 heteroatoms. The maximum atomic E-state index is 13.4. The lowest BCUT2D eigenvalue weighted by Crippen LogP contribution is -2.14. The fourth-order valence-electron chi connectivity index (χ4n) is 1.59. The number of hydrogen-bond donors (Lipinski definition) is 2. The lowest BCUT2D eigenvalue weighted by Gasteiger charge is -2.06. The van der Waals surface area contributed by atoms with Gasteiger partial charge in [0.2, 0.25) is 5.91 Å². The monoisotopic (exact) mass is 291 g/mol. The van der Waals surface area contributed by atoms with Crippen LogP contribution in [0.4, 0.5) is 10.1 Å². The summed E-state index contributed by atoms with van der Waals surface area (Å²) in [6.45, 7) is -0.00127. The number of para-hydroxylation sites is 1. The third kappa shape index (κ3) is 4.08. The molecule has 0 bridgehead atoms. The number of benzene rings is 2. The molecule has 1 amide bonds. The molecule has 0 spiro atoms. The minimum Gasteiger partial charge on any atom is -0.392 e. The summed E-state index contributed by atoms with van der Waals surface area (Å²) in [5, 5.41) is 11.5. The van der Waals surface area contributed by atoms with E-state index in [0.29, 0.717) is 0 Å². The second-order valence-electron chi connectivity index (χ2n) is 4.12. The predicted octanol–water partition coefficient (Wildman–Crippen LogP) is 3.05. The van der Waals surface area contributed by atoms with Crippen molar-refractivity contribution in [2.24, 2.45) is 0 Å². The highest BCUT2D eigenvalue weighted by Gasteiger charge is 2.06. The summed E-state index contributed by atoms with van der Waals surface area (Å²) in [5.74, 6) is -0.503. The minimum atomic E-state index is -0.446. The molecule has 3 nitrogen and oxygen atoms in total. The molecule has 104 valence electrons. The quantitative estimate of drug-likeness (QED) is 0.832. The average Bonchev–Trinajstić information content (AvgIpc) is 2.48. The van der Waals surface area contributed by atoms with E-state index in [2.05, 4.69) is 5.32 Å². The van der Waals surface area contributed by atoms with Crippen molar-refractivity contribution < 1.29 is 14.3 Å². The van der Waals surface area contributed by atoms with Gasteiger partial charge in [-0.05, 0) is 29.8 Å². The van der Waals surface area contributed by atoms with E-state index in [1.807, 2.05) is 12.1 Å². The van der Waals surface area contributed by atoms with Crippen molar-refractivity contribution in [1.82, 2.24) is 0 Å². The zero-order valence-corrected chi connectivity index (χ0v) is 11.5. The summed E-state index contributed by atoms with van der Waals surface area (Å²) in [5.41, 5.74) is 1.01. The molecular formula is C15H14FNO2S. The second kappa shape index (κ2) is 7.07. The maximum Gasteiger partial charge on any atom is 0.234 e. The van der Waals surface area contributed by atoms with Gasteiger partial charge in [0, 0.05) is 4.90 Å². The van der Waals surface area contributed by atoms with Crippen LogP contribution in [0.1, 0.15) is 5.56 Å². The highest BCUT2D eigenvalue weighted by Crippen LogP contribution is 2.19. The van der Waals surface area contributed by atoms with Crippen LogP contribution in [0.15, 0.2) is 53.4 Å². The van der Waals surface area contributed by atoms with Gasteiger partial charge in [0.15, 0.2) is 0 Å². The van der Waals surface area contributed by atoms with Gasteiger partial charge in [0.25, 0.3) is 0 Å². The molecule has 0 aliphatic heterocycles. The van der Waals surface area contributed by atoms with Gasteiger partial charge in [0.1, 0.15) is 5.82 Å². The van der Waals surface area contributed by atoms with Crippen molar-refractivity contribution >= 4 is 23.4 Å². The molecule has 0 radical (unpaired) electrons. The minimum absolute atomic E-state index is 0.00127. The van der Waals surface area contributed by atoms with Crippen LogP contribution in [0, 0.1) is 5.82 Å². The van der Waals surface area contributed by atoms with Crippen molar-refractivity contribution in [1.29, 1.82) is 0 Å². The molecule has 0 unspecified atom stereocenters. The van der Waals surface area contributed by atoms with Crippen LogP contribution in [0.3, 0.4) is 0 Å². The topological polar surface area (TPSA) is 49.3 Å². The zero-order chi connectivity index (χ0) is 14.4.